The number of nitrogens with zero attached hydrogens (tertiary/aromatic N) is 2. The van der Waals surface area contributed by atoms with Gasteiger partial charge in [0.25, 0.3) is 6.20 Å². The van der Waals surface area contributed by atoms with Crippen molar-refractivity contribution < 1.29 is 28.7 Å². The number of ether oxygens (including phenoxy) is 3. The average Bonchev–Trinajstić information content (AvgIpc) is 3.18. The number of carbonyl (C=O) groups is 2. The molecule has 0 aliphatic carbocycles. The highest BCUT2D eigenvalue weighted by atomic mass is 16.6. The lowest BCUT2D eigenvalue weighted by molar-refractivity contribution is -0.403. The van der Waals surface area contributed by atoms with Gasteiger partial charge < -0.3 is 30.2 Å². The van der Waals surface area contributed by atoms with Gasteiger partial charge in [-0.1, -0.05) is 143 Å². The Morgan fingerprint density at radius 2 is 1.07 bits per heavy atom. The smallest absolute Gasteiger partial charge is 0.306 e. The molecule has 57 heavy (non-hydrogen) atoms. The van der Waals surface area contributed by atoms with Crippen molar-refractivity contribution in [2.75, 3.05) is 46.0 Å². The fourth-order valence-corrected chi connectivity index (χ4v) is 7.05. The van der Waals surface area contributed by atoms with E-state index < -0.39 is 4.92 Å². The lowest BCUT2D eigenvalue weighted by atomic mass is 10.1. The summed E-state index contributed by atoms with van der Waals surface area (Å²) in [5.74, 6) is -0.0439. The van der Waals surface area contributed by atoms with E-state index in [0.29, 0.717) is 32.6 Å². The number of esters is 2. The number of nitrogens with one attached hydrogen (secondary N) is 1. The predicted octanol–water partition coefficient (Wildman–Crippen LogP) is 11.5. The van der Waals surface area contributed by atoms with E-state index in [1.54, 1.807) is 0 Å². The monoisotopic (exact) mass is 811 g/mol. The minimum Gasteiger partial charge on any atom is -0.466 e. The molecule has 1 unspecified atom stereocenters. The van der Waals surface area contributed by atoms with Crippen molar-refractivity contribution in [1.82, 2.24) is 10.2 Å². The Hall–Kier alpha value is -2.40. The second kappa shape index (κ2) is 43.2. The standard InChI is InChI=1S/C46H90N4O7/c1-4-7-10-12-14-22-29-40-56-45(51)32-24-18-15-20-26-36-49(38-30-35-48-44(47)42-50(53)54)37-27-21-16-19-25-33-46(52)57-43(31-23-17-13-11-8-5-2)34-41-55-39-28-9-6-3/h42-43,48H,4-41,47H2,1-3H3/b44-42+. The van der Waals surface area contributed by atoms with Crippen LogP contribution in [0.3, 0.4) is 0 Å². The minimum atomic E-state index is -0.543. The molecule has 0 rings (SSSR count). The van der Waals surface area contributed by atoms with Gasteiger partial charge in [0.2, 0.25) is 0 Å². The zero-order chi connectivity index (χ0) is 41.9. The summed E-state index contributed by atoms with van der Waals surface area (Å²) >= 11 is 0. The number of nitrogens with two attached hydrogens (primary N) is 1. The Balaban J connectivity index is 4.41. The molecule has 0 saturated carbocycles. The summed E-state index contributed by atoms with van der Waals surface area (Å²) < 4.78 is 17.2. The molecule has 0 aromatic heterocycles. The SMILES string of the molecule is CCCCCCCCCOC(=O)CCCCCCCN(CCCCCCCC(=O)OC(CCCCCCCC)CCOCCCCC)CCCN/C(N)=C/[N+](=O)[O-]. The quantitative estimate of drug-likeness (QED) is 0.0264. The van der Waals surface area contributed by atoms with Crippen molar-refractivity contribution in [3.8, 4) is 0 Å². The fourth-order valence-electron chi connectivity index (χ4n) is 7.05. The number of hydrogen-bond acceptors (Lipinski definition) is 10. The average molecular weight is 811 g/mol. The number of rotatable bonds is 45. The van der Waals surface area contributed by atoms with Gasteiger partial charge in [-0.15, -0.1) is 0 Å². The third kappa shape index (κ3) is 41.6. The molecule has 0 fully saturated rings. The number of carbonyl (C=O) groups excluding carboxylic acids is 2. The Morgan fingerprint density at radius 3 is 1.67 bits per heavy atom. The molecule has 1 atom stereocenters. The zero-order valence-electron chi connectivity index (χ0n) is 37.4. The summed E-state index contributed by atoms with van der Waals surface area (Å²) in [6.07, 6.45) is 34.2. The molecule has 0 spiro atoms. The van der Waals surface area contributed by atoms with E-state index in [2.05, 4.69) is 31.0 Å². The Morgan fingerprint density at radius 1 is 0.596 bits per heavy atom. The van der Waals surface area contributed by atoms with Crippen molar-refractivity contribution in [3.63, 3.8) is 0 Å². The van der Waals surface area contributed by atoms with Crippen molar-refractivity contribution in [1.29, 1.82) is 0 Å². The molecule has 0 heterocycles. The molecule has 336 valence electrons. The molecule has 0 radical (unpaired) electrons. The highest BCUT2D eigenvalue weighted by Crippen LogP contribution is 2.16. The van der Waals surface area contributed by atoms with Gasteiger partial charge >= 0.3 is 11.9 Å². The van der Waals surface area contributed by atoms with Crippen molar-refractivity contribution in [2.24, 2.45) is 5.73 Å². The van der Waals surface area contributed by atoms with Gasteiger partial charge in [0, 0.05) is 32.4 Å². The van der Waals surface area contributed by atoms with Crippen LogP contribution in [0.4, 0.5) is 0 Å². The first-order valence-electron chi connectivity index (χ1n) is 23.8. The van der Waals surface area contributed by atoms with Crippen LogP contribution in [0.25, 0.3) is 0 Å². The largest absolute Gasteiger partial charge is 0.466 e. The van der Waals surface area contributed by atoms with Gasteiger partial charge in [-0.05, 0) is 77.4 Å². The lowest BCUT2D eigenvalue weighted by Gasteiger charge is -2.22. The normalized spacial score (nSPS) is 12.2. The van der Waals surface area contributed by atoms with Gasteiger partial charge in [0.15, 0.2) is 5.82 Å². The third-order valence-electron chi connectivity index (χ3n) is 10.6. The third-order valence-corrected chi connectivity index (χ3v) is 10.6. The van der Waals surface area contributed by atoms with Gasteiger partial charge in [-0.25, -0.2) is 0 Å². The predicted molar refractivity (Wildman–Crippen MR) is 236 cm³/mol. The molecule has 11 heteroatoms. The topological polar surface area (TPSA) is 146 Å². The maximum Gasteiger partial charge on any atom is 0.306 e. The summed E-state index contributed by atoms with van der Waals surface area (Å²) in [5.41, 5.74) is 5.69. The molecular weight excluding hydrogens is 721 g/mol. The highest BCUT2D eigenvalue weighted by molar-refractivity contribution is 5.69. The van der Waals surface area contributed by atoms with Crippen LogP contribution in [0.5, 0.6) is 0 Å². The van der Waals surface area contributed by atoms with Crippen LogP contribution < -0.4 is 11.1 Å². The van der Waals surface area contributed by atoms with Gasteiger partial charge in [0.1, 0.15) is 6.10 Å². The summed E-state index contributed by atoms with van der Waals surface area (Å²) in [7, 11) is 0. The van der Waals surface area contributed by atoms with E-state index in [1.165, 1.54) is 77.0 Å². The Bertz CT molecular complexity index is 936. The Labute approximate surface area is 349 Å². The number of nitro groups is 1. The Kier molecular flexibility index (Phi) is 41.4. The van der Waals surface area contributed by atoms with Gasteiger partial charge in [-0.2, -0.15) is 0 Å². The van der Waals surface area contributed by atoms with Crippen molar-refractivity contribution >= 4 is 11.9 Å². The molecule has 0 bridgehead atoms. The van der Waals surface area contributed by atoms with E-state index in [1.807, 2.05) is 0 Å². The summed E-state index contributed by atoms with van der Waals surface area (Å²) in [6, 6.07) is 0. The first-order chi connectivity index (χ1) is 27.8. The van der Waals surface area contributed by atoms with Crippen molar-refractivity contribution in [2.45, 2.75) is 226 Å². The van der Waals surface area contributed by atoms with E-state index >= 15 is 0 Å². The number of unbranched alkanes of at least 4 members (excludes halogenated alkanes) is 21. The van der Waals surface area contributed by atoms with Crippen LogP contribution in [0.1, 0.15) is 220 Å². The molecule has 0 aliphatic heterocycles. The fraction of sp³-hybridized carbons (Fsp3) is 0.913. The van der Waals surface area contributed by atoms with E-state index in [4.69, 9.17) is 19.9 Å². The highest BCUT2D eigenvalue weighted by Gasteiger charge is 2.15. The second-order valence-electron chi connectivity index (χ2n) is 16.1. The molecule has 11 nitrogen and oxygen atoms in total. The van der Waals surface area contributed by atoms with Crippen LogP contribution in [-0.4, -0.2) is 73.9 Å². The maximum absolute atomic E-state index is 12.8. The molecule has 0 aliphatic rings. The first kappa shape index (κ1) is 54.6. The van der Waals surface area contributed by atoms with E-state index in [9.17, 15) is 19.7 Å². The van der Waals surface area contributed by atoms with Gasteiger partial charge in [-0.3, -0.25) is 19.7 Å². The molecule has 0 aromatic rings. The van der Waals surface area contributed by atoms with E-state index in [0.717, 1.165) is 142 Å². The van der Waals surface area contributed by atoms with Crippen molar-refractivity contribution in [3.05, 3.63) is 22.1 Å². The summed E-state index contributed by atoms with van der Waals surface area (Å²) in [5, 5.41) is 13.6. The van der Waals surface area contributed by atoms with Crippen LogP contribution in [0, 0.1) is 10.1 Å². The van der Waals surface area contributed by atoms with Crippen LogP contribution in [0.2, 0.25) is 0 Å². The van der Waals surface area contributed by atoms with Crippen LogP contribution >= 0.6 is 0 Å². The van der Waals surface area contributed by atoms with E-state index in [-0.39, 0.29) is 23.9 Å². The molecule has 0 amide bonds. The molecule has 0 aromatic carbocycles. The van der Waals surface area contributed by atoms with Crippen LogP contribution in [0.15, 0.2) is 12.0 Å². The summed E-state index contributed by atoms with van der Waals surface area (Å²) in [6.45, 7) is 12.2. The molecule has 3 N–H and O–H groups in total. The number of hydrogen-bond donors (Lipinski definition) is 2. The molecule has 0 saturated heterocycles. The lowest BCUT2D eigenvalue weighted by Crippen LogP contribution is -2.30. The molecular formula is C46H90N4O7. The summed E-state index contributed by atoms with van der Waals surface area (Å²) in [4.78, 5) is 37.5. The first-order valence-corrected chi connectivity index (χ1v) is 23.8. The van der Waals surface area contributed by atoms with Crippen LogP contribution in [-0.2, 0) is 23.8 Å². The zero-order valence-corrected chi connectivity index (χ0v) is 37.4. The minimum absolute atomic E-state index is 0.0373. The van der Waals surface area contributed by atoms with Gasteiger partial charge in [0.05, 0.1) is 18.1 Å². The maximum atomic E-state index is 12.8. The second-order valence-corrected chi connectivity index (χ2v) is 16.1.